The summed E-state index contributed by atoms with van der Waals surface area (Å²) in [4.78, 5) is 1.73. The third kappa shape index (κ3) is 1.26. The number of rotatable bonds is 2. The van der Waals surface area contributed by atoms with Gasteiger partial charge in [0.2, 0.25) is 0 Å². The molecule has 1 fully saturated rings. The molecule has 0 radical (unpaired) electrons. The molecule has 1 saturated carbocycles. The number of thiophene rings is 1. The van der Waals surface area contributed by atoms with Crippen molar-refractivity contribution in [3.8, 4) is 0 Å². The van der Waals surface area contributed by atoms with Crippen LogP contribution in [-0.2, 0) is 5.41 Å². The van der Waals surface area contributed by atoms with Gasteiger partial charge in [-0.25, -0.2) is 8.78 Å². The van der Waals surface area contributed by atoms with Crippen molar-refractivity contribution in [1.82, 2.24) is 0 Å². The minimum atomic E-state index is -2.62. The molecule has 1 atom stereocenters. The lowest BCUT2D eigenvalue weighted by atomic mass is 10.1. The van der Waals surface area contributed by atoms with E-state index in [1.165, 1.54) is 11.3 Å². The smallest absolute Gasteiger partial charge is 0.261 e. The maximum Gasteiger partial charge on any atom is 0.261 e. The molecule has 0 saturated heterocycles. The van der Waals surface area contributed by atoms with Crippen LogP contribution in [0.25, 0.3) is 0 Å². The SMILES string of the molecule is Cc1cc(Br)c(C2(CN)CC2(F)F)s1. The Balaban J connectivity index is 2.45. The zero-order valence-corrected chi connectivity index (χ0v) is 10.0. The van der Waals surface area contributed by atoms with E-state index in [1.807, 2.05) is 13.0 Å². The van der Waals surface area contributed by atoms with Gasteiger partial charge in [0.15, 0.2) is 0 Å². The van der Waals surface area contributed by atoms with E-state index in [4.69, 9.17) is 5.73 Å². The minimum Gasteiger partial charge on any atom is -0.329 e. The van der Waals surface area contributed by atoms with E-state index in [9.17, 15) is 8.78 Å². The molecule has 1 aliphatic carbocycles. The highest BCUT2D eigenvalue weighted by molar-refractivity contribution is 9.10. The molecule has 1 aromatic rings. The molecule has 2 rings (SSSR count). The van der Waals surface area contributed by atoms with Gasteiger partial charge in [-0.1, -0.05) is 0 Å². The standard InChI is InChI=1S/C9H10BrF2NS/c1-5-2-6(10)7(14-5)8(4-13)3-9(8,11)12/h2H,3-4,13H2,1H3. The highest BCUT2D eigenvalue weighted by atomic mass is 79.9. The Morgan fingerprint density at radius 1 is 1.64 bits per heavy atom. The maximum absolute atomic E-state index is 13.2. The Labute approximate surface area is 93.4 Å². The number of halogens is 3. The van der Waals surface area contributed by atoms with Crippen LogP contribution in [0.4, 0.5) is 8.78 Å². The van der Waals surface area contributed by atoms with Crippen molar-refractivity contribution in [3.05, 3.63) is 20.3 Å². The van der Waals surface area contributed by atoms with E-state index in [0.29, 0.717) is 4.88 Å². The molecule has 1 unspecified atom stereocenters. The van der Waals surface area contributed by atoms with Crippen LogP contribution >= 0.6 is 27.3 Å². The van der Waals surface area contributed by atoms with Crippen molar-refractivity contribution in [3.63, 3.8) is 0 Å². The lowest BCUT2D eigenvalue weighted by molar-refractivity contribution is 0.0903. The van der Waals surface area contributed by atoms with Crippen LogP contribution in [0, 0.1) is 6.92 Å². The van der Waals surface area contributed by atoms with E-state index >= 15 is 0 Å². The van der Waals surface area contributed by atoms with Crippen LogP contribution in [0.5, 0.6) is 0 Å². The van der Waals surface area contributed by atoms with Crippen molar-refractivity contribution >= 4 is 27.3 Å². The van der Waals surface area contributed by atoms with Gasteiger partial charge in [0.05, 0.1) is 5.41 Å². The van der Waals surface area contributed by atoms with E-state index < -0.39 is 11.3 Å². The van der Waals surface area contributed by atoms with E-state index in [0.717, 1.165) is 9.35 Å². The van der Waals surface area contributed by atoms with Gasteiger partial charge in [-0.15, -0.1) is 11.3 Å². The molecule has 1 aromatic heterocycles. The average molecular weight is 282 g/mol. The molecule has 78 valence electrons. The monoisotopic (exact) mass is 281 g/mol. The first-order valence-electron chi connectivity index (χ1n) is 4.27. The summed E-state index contributed by atoms with van der Waals surface area (Å²) in [6.07, 6.45) is -0.116. The second-order valence-electron chi connectivity index (χ2n) is 3.70. The predicted molar refractivity (Wildman–Crippen MR) is 57.1 cm³/mol. The first kappa shape index (κ1) is 10.5. The van der Waals surface area contributed by atoms with Gasteiger partial charge in [0.25, 0.3) is 5.92 Å². The van der Waals surface area contributed by atoms with Crippen molar-refractivity contribution in [2.24, 2.45) is 5.73 Å². The first-order valence-corrected chi connectivity index (χ1v) is 5.88. The topological polar surface area (TPSA) is 26.0 Å². The lowest BCUT2D eigenvalue weighted by Gasteiger charge is -2.12. The zero-order chi connectivity index (χ0) is 10.6. The molecule has 0 spiro atoms. The molecule has 2 N–H and O–H groups in total. The summed E-state index contributed by atoms with van der Waals surface area (Å²) in [5.41, 5.74) is 4.37. The quantitative estimate of drug-likeness (QED) is 0.886. The van der Waals surface area contributed by atoms with Crippen molar-refractivity contribution < 1.29 is 8.78 Å². The van der Waals surface area contributed by atoms with Gasteiger partial charge < -0.3 is 5.73 Å². The minimum absolute atomic E-state index is 0.0125. The van der Waals surface area contributed by atoms with Gasteiger partial charge in [-0.2, -0.15) is 0 Å². The predicted octanol–water partition coefficient (Wildman–Crippen LogP) is 3.05. The highest BCUT2D eigenvalue weighted by Crippen LogP contribution is 2.63. The van der Waals surface area contributed by atoms with Gasteiger partial charge in [0.1, 0.15) is 0 Å². The summed E-state index contributed by atoms with van der Waals surface area (Å²) in [6, 6.07) is 1.87. The Hall–Kier alpha value is -0.0000000000000000555. The molecule has 0 aliphatic heterocycles. The van der Waals surface area contributed by atoms with Gasteiger partial charge >= 0.3 is 0 Å². The summed E-state index contributed by atoms with van der Waals surface area (Å²) < 4.78 is 27.2. The molecule has 0 aromatic carbocycles. The number of aryl methyl sites for hydroxylation is 1. The van der Waals surface area contributed by atoms with Gasteiger partial charge in [-0.3, -0.25) is 0 Å². The van der Waals surface area contributed by atoms with E-state index in [-0.39, 0.29) is 13.0 Å². The first-order chi connectivity index (χ1) is 6.43. The summed E-state index contributed by atoms with van der Waals surface area (Å²) in [5.74, 6) is -2.62. The average Bonchev–Trinajstić information content (AvgIpc) is 2.48. The van der Waals surface area contributed by atoms with Gasteiger partial charge in [0, 0.05) is 27.2 Å². The largest absolute Gasteiger partial charge is 0.329 e. The number of hydrogen-bond donors (Lipinski definition) is 1. The van der Waals surface area contributed by atoms with Crippen LogP contribution in [0.3, 0.4) is 0 Å². The normalized spacial score (nSPS) is 29.2. The Morgan fingerprint density at radius 3 is 2.50 bits per heavy atom. The molecule has 1 nitrogen and oxygen atoms in total. The molecule has 1 aliphatic rings. The summed E-state index contributed by atoms with van der Waals surface area (Å²) >= 11 is 4.71. The summed E-state index contributed by atoms with van der Waals surface area (Å²) in [6.45, 7) is 1.92. The van der Waals surface area contributed by atoms with Crippen LogP contribution in [0.1, 0.15) is 16.2 Å². The van der Waals surface area contributed by atoms with Crippen molar-refractivity contribution in [2.45, 2.75) is 24.7 Å². The number of hydrogen-bond acceptors (Lipinski definition) is 2. The molecular formula is C9H10BrF2NS. The van der Waals surface area contributed by atoms with Crippen molar-refractivity contribution in [2.75, 3.05) is 6.54 Å². The van der Waals surface area contributed by atoms with E-state index in [2.05, 4.69) is 15.9 Å². The Kier molecular flexibility index (Phi) is 2.25. The fraction of sp³-hybridized carbons (Fsp3) is 0.556. The third-order valence-corrected chi connectivity index (χ3v) is 4.83. The van der Waals surface area contributed by atoms with Gasteiger partial charge in [-0.05, 0) is 28.9 Å². The lowest BCUT2D eigenvalue weighted by Crippen LogP contribution is -2.26. The zero-order valence-electron chi connectivity index (χ0n) is 7.61. The second-order valence-corrected chi connectivity index (χ2v) is 5.81. The number of alkyl halides is 2. The van der Waals surface area contributed by atoms with Crippen LogP contribution < -0.4 is 5.73 Å². The Morgan fingerprint density at radius 2 is 2.21 bits per heavy atom. The number of nitrogens with two attached hydrogens (primary N) is 1. The van der Waals surface area contributed by atoms with Crippen molar-refractivity contribution in [1.29, 1.82) is 0 Å². The second kappa shape index (κ2) is 3.00. The molecule has 1 heterocycles. The van der Waals surface area contributed by atoms with E-state index in [1.54, 1.807) is 0 Å². The summed E-state index contributed by atoms with van der Waals surface area (Å²) in [7, 11) is 0. The Bertz CT molecular complexity index is 377. The molecule has 0 amide bonds. The van der Waals surface area contributed by atoms with Crippen LogP contribution in [-0.4, -0.2) is 12.5 Å². The summed E-state index contributed by atoms with van der Waals surface area (Å²) in [5, 5.41) is 0. The molecular weight excluding hydrogens is 272 g/mol. The molecule has 14 heavy (non-hydrogen) atoms. The van der Waals surface area contributed by atoms with Crippen LogP contribution in [0.2, 0.25) is 0 Å². The third-order valence-electron chi connectivity index (χ3n) is 2.69. The fourth-order valence-corrected chi connectivity index (χ4v) is 3.98. The van der Waals surface area contributed by atoms with Crippen LogP contribution in [0.15, 0.2) is 10.5 Å². The fourth-order valence-electron chi connectivity index (χ4n) is 1.70. The maximum atomic E-state index is 13.2. The molecule has 5 heteroatoms. The molecule has 0 bridgehead atoms. The highest BCUT2D eigenvalue weighted by Gasteiger charge is 2.72.